The summed E-state index contributed by atoms with van der Waals surface area (Å²) in [6.07, 6.45) is 12.5. The normalized spacial score (nSPS) is 15.2. The van der Waals surface area contributed by atoms with Crippen LogP contribution < -0.4 is 0 Å². The van der Waals surface area contributed by atoms with Crippen LogP contribution in [0.15, 0.2) is 0 Å². The first-order valence-electron chi connectivity index (χ1n) is 7.07. The molecule has 0 saturated carbocycles. The van der Waals surface area contributed by atoms with Gasteiger partial charge in [-0.3, -0.25) is 0 Å². The second-order valence-electron chi connectivity index (χ2n) is 4.99. The summed E-state index contributed by atoms with van der Waals surface area (Å²) < 4.78 is 0. The molecule has 0 spiro atoms. The average molecular weight is 211 g/mol. The van der Waals surface area contributed by atoms with Crippen LogP contribution in [0.25, 0.3) is 0 Å². The molecule has 0 heterocycles. The second kappa shape index (κ2) is 10.5. The van der Waals surface area contributed by atoms with E-state index in [1.165, 1.54) is 57.8 Å². The van der Waals surface area contributed by atoms with Crippen molar-refractivity contribution in [3.8, 4) is 0 Å². The molecule has 0 heteroatoms. The maximum atomic E-state index is 4.20. The Kier molecular flexibility index (Phi) is 10.5. The summed E-state index contributed by atoms with van der Waals surface area (Å²) in [6.45, 7) is 11.1. The first kappa shape index (κ1) is 15.0. The molecule has 0 aromatic rings. The van der Waals surface area contributed by atoms with Gasteiger partial charge in [-0.2, -0.15) is 0 Å². The quantitative estimate of drug-likeness (QED) is 0.411. The highest BCUT2D eigenvalue weighted by Gasteiger charge is 2.09. The molecule has 91 valence electrons. The molecule has 0 rings (SSSR count). The zero-order chi connectivity index (χ0) is 11.5. The van der Waals surface area contributed by atoms with Gasteiger partial charge in [0.2, 0.25) is 0 Å². The van der Waals surface area contributed by atoms with E-state index in [4.69, 9.17) is 0 Å². The zero-order valence-corrected chi connectivity index (χ0v) is 11.2. The number of rotatable bonds is 10. The summed E-state index contributed by atoms with van der Waals surface area (Å²) in [7, 11) is 0. The maximum Gasteiger partial charge on any atom is -0.0414 e. The second-order valence-corrected chi connectivity index (χ2v) is 4.99. The van der Waals surface area contributed by atoms with Crippen molar-refractivity contribution in [1.29, 1.82) is 0 Å². The monoisotopic (exact) mass is 211 g/mol. The molecule has 0 amide bonds. The Balaban J connectivity index is 3.44. The molecular weight excluding hydrogens is 180 g/mol. The third-order valence-electron chi connectivity index (χ3n) is 3.54. The fourth-order valence-corrected chi connectivity index (χ4v) is 2.16. The molecule has 0 aliphatic carbocycles. The van der Waals surface area contributed by atoms with Crippen molar-refractivity contribution >= 4 is 0 Å². The minimum atomic E-state index is 0.686. The van der Waals surface area contributed by atoms with E-state index in [0.29, 0.717) is 5.92 Å². The third kappa shape index (κ3) is 8.96. The Morgan fingerprint density at radius 1 is 0.867 bits per heavy atom. The molecule has 0 aromatic heterocycles. The van der Waals surface area contributed by atoms with Gasteiger partial charge in [-0.05, 0) is 18.3 Å². The van der Waals surface area contributed by atoms with Crippen LogP contribution in [-0.2, 0) is 0 Å². The van der Waals surface area contributed by atoms with Crippen LogP contribution in [0.2, 0.25) is 0 Å². The van der Waals surface area contributed by atoms with Gasteiger partial charge in [-0.15, -0.1) is 0 Å². The molecule has 0 aromatic carbocycles. The van der Waals surface area contributed by atoms with Crippen molar-refractivity contribution in [2.75, 3.05) is 0 Å². The van der Waals surface area contributed by atoms with E-state index in [1.807, 2.05) is 0 Å². The molecule has 0 aliphatic rings. The van der Waals surface area contributed by atoms with E-state index >= 15 is 0 Å². The average Bonchev–Trinajstić information content (AvgIpc) is 2.26. The van der Waals surface area contributed by atoms with Crippen molar-refractivity contribution in [2.45, 2.75) is 78.6 Å². The van der Waals surface area contributed by atoms with Crippen molar-refractivity contribution in [3.05, 3.63) is 6.92 Å². The molecule has 0 saturated heterocycles. The minimum Gasteiger partial charge on any atom is -0.0654 e. The van der Waals surface area contributed by atoms with Crippen molar-refractivity contribution < 1.29 is 0 Å². The van der Waals surface area contributed by atoms with E-state index in [-0.39, 0.29) is 0 Å². The Morgan fingerprint density at radius 2 is 1.53 bits per heavy atom. The Labute approximate surface area is 97.8 Å². The van der Waals surface area contributed by atoms with E-state index < -0.39 is 0 Å². The number of unbranched alkanes of at least 4 members (excludes halogenated alkanes) is 4. The lowest BCUT2D eigenvalue weighted by atomic mass is 9.88. The Bertz CT molecular complexity index is 117. The molecule has 0 aliphatic heterocycles. The third-order valence-corrected chi connectivity index (χ3v) is 3.54. The van der Waals surface area contributed by atoms with Crippen molar-refractivity contribution in [1.82, 2.24) is 0 Å². The van der Waals surface area contributed by atoms with Crippen molar-refractivity contribution in [2.24, 2.45) is 11.8 Å². The van der Waals surface area contributed by atoms with Gasteiger partial charge in [0.1, 0.15) is 0 Å². The maximum absolute atomic E-state index is 4.20. The molecule has 0 fully saturated rings. The van der Waals surface area contributed by atoms with Crippen LogP contribution in [0.5, 0.6) is 0 Å². The first-order valence-corrected chi connectivity index (χ1v) is 7.07. The molecule has 0 nitrogen and oxygen atoms in total. The summed E-state index contributed by atoms with van der Waals surface area (Å²) in [6, 6.07) is 0. The largest absolute Gasteiger partial charge is 0.0654 e. The van der Waals surface area contributed by atoms with Crippen LogP contribution in [0, 0.1) is 18.8 Å². The molecule has 2 unspecified atom stereocenters. The fourth-order valence-electron chi connectivity index (χ4n) is 2.16. The minimum absolute atomic E-state index is 0.686. The zero-order valence-electron chi connectivity index (χ0n) is 11.2. The summed E-state index contributed by atoms with van der Waals surface area (Å²) >= 11 is 0. The highest BCUT2D eigenvalue weighted by molar-refractivity contribution is 4.66. The summed E-state index contributed by atoms with van der Waals surface area (Å²) in [4.78, 5) is 0. The van der Waals surface area contributed by atoms with Crippen LogP contribution in [0.1, 0.15) is 78.6 Å². The van der Waals surface area contributed by atoms with E-state index in [9.17, 15) is 0 Å². The number of hydrogen-bond donors (Lipinski definition) is 0. The highest BCUT2D eigenvalue weighted by Crippen LogP contribution is 2.23. The lowest BCUT2D eigenvalue weighted by Gasteiger charge is -2.18. The summed E-state index contributed by atoms with van der Waals surface area (Å²) in [5.74, 6) is 1.62. The van der Waals surface area contributed by atoms with Gasteiger partial charge < -0.3 is 0 Å². The van der Waals surface area contributed by atoms with Gasteiger partial charge in [-0.1, -0.05) is 79.1 Å². The molecule has 0 bridgehead atoms. The first-order chi connectivity index (χ1) is 7.24. The highest BCUT2D eigenvalue weighted by atomic mass is 14.2. The Hall–Kier alpha value is 0. The van der Waals surface area contributed by atoms with Gasteiger partial charge in [0.25, 0.3) is 0 Å². The molecule has 2 atom stereocenters. The van der Waals surface area contributed by atoms with E-state index in [2.05, 4.69) is 27.7 Å². The van der Waals surface area contributed by atoms with Crippen LogP contribution >= 0.6 is 0 Å². The van der Waals surface area contributed by atoms with Gasteiger partial charge >= 0.3 is 0 Å². The Morgan fingerprint density at radius 3 is 2.07 bits per heavy atom. The summed E-state index contributed by atoms with van der Waals surface area (Å²) in [5, 5.41) is 0. The van der Waals surface area contributed by atoms with Crippen LogP contribution in [0.4, 0.5) is 0 Å². The van der Waals surface area contributed by atoms with Gasteiger partial charge in [0.15, 0.2) is 0 Å². The predicted octanol–water partition coefficient (Wildman–Crippen LogP) is 5.62. The van der Waals surface area contributed by atoms with E-state index in [0.717, 1.165) is 5.92 Å². The SMILES string of the molecule is [CH2]C(CC)CC(CC)CCCCCCC. The van der Waals surface area contributed by atoms with Crippen LogP contribution in [-0.4, -0.2) is 0 Å². The van der Waals surface area contributed by atoms with E-state index in [1.54, 1.807) is 0 Å². The molecule has 0 N–H and O–H groups in total. The smallest absolute Gasteiger partial charge is 0.0414 e. The molecule has 15 heavy (non-hydrogen) atoms. The lowest BCUT2D eigenvalue weighted by Crippen LogP contribution is -2.05. The predicted molar refractivity (Wildman–Crippen MR) is 70.9 cm³/mol. The van der Waals surface area contributed by atoms with Crippen LogP contribution in [0.3, 0.4) is 0 Å². The number of hydrogen-bond acceptors (Lipinski definition) is 0. The van der Waals surface area contributed by atoms with Crippen molar-refractivity contribution in [3.63, 3.8) is 0 Å². The summed E-state index contributed by atoms with van der Waals surface area (Å²) in [5.41, 5.74) is 0. The standard InChI is InChI=1S/C15H31/c1-5-8-9-10-11-12-15(7-3)13-14(4)6-2/h14-15H,4-13H2,1-3H3. The fraction of sp³-hybridized carbons (Fsp3) is 0.933. The lowest BCUT2D eigenvalue weighted by molar-refractivity contribution is 0.360. The van der Waals surface area contributed by atoms with Gasteiger partial charge in [-0.25, -0.2) is 0 Å². The van der Waals surface area contributed by atoms with Gasteiger partial charge in [0.05, 0.1) is 0 Å². The topological polar surface area (TPSA) is 0 Å². The molecular formula is C15H31. The van der Waals surface area contributed by atoms with Gasteiger partial charge in [0, 0.05) is 0 Å². The molecule has 1 radical (unpaired) electrons.